The Labute approximate surface area is 133 Å². The van der Waals surface area contributed by atoms with E-state index in [0.29, 0.717) is 12.5 Å². The molecule has 0 saturated carbocycles. The van der Waals surface area contributed by atoms with Crippen LogP contribution in [0, 0.1) is 11.3 Å². The van der Waals surface area contributed by atoms with Gasteiger partial charge in [-0.05, 0) is 45.1 Å². The van der Waals surface area contributed by atoms with Gasteiger partial charge in [0.25, 0.3) is 0 Å². The molecule has 0 aromatic rings. The van der Waals surface area contributed by atoms with Crippen LogP contribution < -0.4 is 16.5 Å². The highest BCUT2D eigenvalue weighted by atomic mass is 16.5. The summed E-state index contributed by atoms with van der Waals surface area (Å²) in [6.07, 6.45) is 3.74. The summed E-state index contributed by atoms with van der Waals surface area (Å²) in [6.45, 7) is 9.54. The van der Waals surface area contributed by atoms with Crippen LogP contribution >= 0.6 is 0 Å². The van der Waals surface area contributed by atoms with Crippen LogP contribution in [0.5, 0.6) is 0 Å². The third-order valence-corrected chi connectivity index (χ3v) is 5.59. The molecule has 0 radical (unpaired) electrons. The number of amides is 1. The minimum atomic E-state index is -0.390. The zero-order valence-electron chi connectivity index (χ0n) is 14.2. The number of hydrogen-bond donors (Lipinski definition) is 4. The Morgan fingerprint density at radius 1 is 1.45 bits per heavy atom. The SMILES string of the molecule is CC(C)C[C@H](N)C(=O)N1C[C@@]2(CCCNO)CCN[C@@]2(C)C1. The first-order valence-electron chi connectivity index (χ1n) is 8.50. The molecule has 0 unspecified atom stereocenters. The lowest BCUT2D eigenvalue weighted by molar-refractivity contribution is -0.132. The number of carbonyl (C=O) groups is 1. The summed E-state index contributed by atoms with van der Waals surface area (Å²) < 4.78 is 0. The molecule has 2 rings (SSSR count). The molecule has 2 aliphatic rings. The molecule has 0 spiro atoms. The second-order valence-electron chi connectivity index (χ2n) is 7.73. The number of hydroxylamine groups is 1. The van der Waals surface area contributed by atoms with Crippen molar-refractivity contribution in [2.75, 3.05) is 26.2 Å². The molecule has 1 amide bonds. The second-order valence-corrected chi connectivity index (χ2v) is 7.73. The number of rotatable bonds is 7. The summed E-state index contributed by atoms with van der Waals surface area (Å²) in [5.74, 6) is 0.519. The van der Waals surface area contributed by atoms with E-state index < -0.39 is 6.04 Å². The van der Waals surface area contributed by atoms with E-state index in [1.54, 1.807) is 0 Å². The average Bonchev–Trinajstić information content (AvgIpc) is 2.87. The molecule has 6 heteroatoms. The lowest BCUT2D eigenvalue weighted by atomic mass is 9.71. The summed E-state index contributed by atoms with van der Waals surface area (Å²) >= 11 is 0. The first-order chi connectivity index (χ1) is 10.3. The fourth-order valence-electron chi connectivity index (χ4n) is 4.31. The normalized spacial score (nSPS) is 32.5. The van der Waals surface area contributed by atoms with E-state index in [9.17, 15) is 4.79 Å². The molecule has 0 aromatic carbocycles. The van der Waals surface area contributed by atoms with E-state index in [-0.39, 0.29) is 16.9 Å². The molecule has 0 aromatic heterocycles. The Morgan fingerprint density at radius 2 is 2.18 bits per heavy atom. The molecule has 128 valence electrons. The number of nitrogens with zero attached hydrogens (tertiary/aromatic N) is 1. The molecule has 6 nitrogen and oxygen atoms in total. The minimum absolute atomic E-state index is 0.0321. The van der Waals surface area contributed by atoms with E-state index in [0.717, 1.165) is 45.3 Å². The second kappa shape index (κ2) is 6.83. The van der Waals surface area contributed by atoms with E-state index in [2.05, 4.69) is 31.6 Å². The summed E-state index contributed by atoms with van der Waals surface area (Å²) in [5.41, 5.74) is 8.41. The number of nitrogens with one attached hydrogen (secondary N) is 2. The van der Waals surface area contributed by atoms with Gasteiger partial charge in [-0.1, -0.05) is 13.8 Å². The van der Waals surface area contributed by atoms with Gasteiger partial charge in [0.2, 0.25) is 5.91 Å². The van der Waals surface area contributed by atoms with Crippen molar-refractivity contribution in [3.05, 3.63) is 0 Å². The minimum Gasteiger partial charge on any atom is -0.339 e. The van der Waals surface area contributed by atoms with Gasteiger partial charge in [-0.25, -0.2) is 5.48 Å². The van der Waals surface area contributed by atoms with Crippen LogP contribution in [0.2, 0.25) is 0 Å². The van der Waals surface area contributed by atoms with Crippen LogP contribution in [0.15, 0.2) is 0 Å². The molecule has 2 heterocycles. The Kier molecular flexibility index (Phi) is 5.48. The van der Waals surface area contributed by atoms with Crippen molar-refractivity contribution in [1.29, 1.82) is 0 Å². The van der Waals surface area contributed by atoms with Gasteiger partial charge in [0.15, 0.2) is 0 Å². The zero-order chi connectivity index (χ0) is 16.4. The van der Waals surface area contributed by atoms with Crippen LogP contribution in [0.4, 0.5) is 0 Å². The Balaban J connectivity index is 2.04. The van der Waals surface area contributed by atoms with Gasteiger partial charge in [0.1, 0.15) is 0 Å². The van der Waals surface area contributed by atoms with Crippen LogP contribution in [-0.2, 0) is 4.79 Å². The molecule has 3 atom stereocenters. The van der Waals surface area contributed by atoms with Gasteiger partial charge in [-0.15, -0.1) is 0 Å². The summed E-state index contributed by atoms with van der Waals surface area (Å²) in [7, 11) is 0. The number of fused-ring (bicyclic) bond motifs is 1. The molecular weight excluding hydrogens is 280 g/mol. The molecular formula is C16H32N4O2. The first-order valence-corrected chi connectivity index (χ1v) is 8.50. The Morgan fingerprint density at radius 3 is 2.82 bits per heavy atom. The molecule has 0 aliphatic carbocycles. The predicted molar refractivity (Wildman–Crippen MR) is 86.5 cm³/mol. The summed E-state index contributed by atoms with van der Waals surface area (Å²) in [5, 5.41) is 12.4. The summed E-state index contributed by atoms with van der Waals surface area (Å²) in [4.78, 5) is 14.6. The van der Waals surface area contributed by atoms with Crippen molar-refractivity contribution in [2.24, 2.45) is 17.1 Å². The van der Waals surface area contributed by atoms with Crippen molar-refractivity contribution in [3.8, 4) is 0 Å². The van der Waals surface area contributed by atoms with Crippen molar-refractivity contribution in [3.63, 3.8) is 0 Å². The third-order valence-electron chi connectivity index (χ3n) is 5.59. The highest BCUT2D eigenvalue weighted by Crippen LogP contribution is 2.49. The van der Waals surface area contributed by atoms with Crippen molar-refractivity contribution >= 4 is 5.91 Å². The van der Waals surface area contributed by atoms with Crippen LogP contribution in [0.1, 0.15) is 46.5 Å². The molecule has 0 bridgehead atoms. The first kappa shape index (κ1) is 17.7. The van der Waals surface area contributed by atoms with Gasteiger partial charge in [-0.2, -0.15) is 0 Å². The van der Waals surface area contributed by atoms with E-state index >= 15 is 0 Å². The van der Waals surface area contributed by atoms with Crippen molar-refractivity contribution in [1.82, 2.24) is 15.7 Å². The number of hydrogen-bond acceptors (Lipinski definition) is 5. The quantitative estimate of drug-likeness (QED) is 0.410. The maximum absolute atomic E-state index is 12.6. The fraction of sp³-hybridized carbons (Fsp3) is 0.938. The number of carbonyl (C=O) groups excluding carboxylic acids is 1. The van der Waals surface area contributed by atoms with Crippen LogP contribution in [0.3, 0.4) is 0 Å². The van der Waals surface area contributed by atoms with Gasteiger partial charge in [0.05, 0.1) is 6.04 Å². The Bertz CT molecular complexity index is 404. The highest BCUT2D eigenvalue weighted by molar-refractivity contribution is 5.82. The third kappa shape index (κ3) is 3.30. The largest absolute Gasteiger partial charge is 0.339 e. The molecule has 22 heavy (non-hydrogen) atoms. The molecule has 2 fully saturated rings. The Hall–Kier alpha value is -0.690. The van der Waals surface area contributed by atoms with Gasteiger partial charge in [-0.3, -0.25) is 4.79 Å². The van der Waals surface area contributed by atoms with E-state index in [1.807, 2.05) is 4.90 Å². The van der Waals surface area contributed by atoms with Crippen molar-refractivity contribution in [2.45, 2.75) is 58.0 Å². The van der Waals surface area contributed by atoms with Gasteiger partial charge < -0.3 is 21.2 Å². The highest BCUT2D eigenvalue weighted by Gasteiger charge is 2.58. The van der Waals surface area contributed by atoms with Gasteiger partial charge in [0, 0.05) is 30.6 Å². The zero-order valence-corrected chi connectivity index (χ0v) is 14.2. The lowest BCUT2D eigenvalue weighted by Crippen LogP contribution is -2.50. The maximum Gasteiger partial charge on any atom is 0.239 e. The molecule has 2 aliphatic heterocycles. The predicted octanol–water partition coefficient (Wildman–Crippen LogP) is 0.699. The van der Waals surface area contributed by atoms with E-state index in [1.165, 1.54) is 0 Å². The van der Waals surface area contributed by atoms with Crippen LogP contribution in [-0.4, -0.2) is 53.8 Å². The van der Waals surface area contributed by atoms with Crippen LogP contribution in [0.25, 0.3) is 0 Å². The standard InChI is InChI=1S/C16H32N4O2/c1-12(2)9-13(17)14(21)20-10-15(3)16(11-20,6-8-18-15)5-4-7-19-22/h12-13,18-19,22H,4-11,17H2,1-3H3/t13-,15-,16+/m0/s1. The number of likely N-dealkylation sites (tertiary alicyclic amines) is 1. The average molecular weight is 312 g/mol. The maximum atomic E-state index is 12.6. The molecule has 5 N–H and O–H groups in total. The topological polar surface area (TPSA) is 90.6 Å². The van der Waals surface area contributed by atoms with E-state index in [4.69, 9.17) is 10.9 Å². The lowest BCUT2D eigenvalue weighted by Gasteiger charge is -2.36. The molecule has 2 saturated heterocycles. The smallest absolute Gasteiger partial charge is 0.239 e. The summed E-state index contributed by atoms with van der Waals surface area (Å²) in [6, 6.07) is -0.390. The fourth-order valence-corrected chi connectivity index (χ4v) is 4.31. The van der Waals surface area contributed by atoms with Crippen molar-refractivity contribution < 1.29 is 10.0 Å². The van der Waals surface area contributed by atoms with Gasteiger partial charge >= 0.3 is 0 Å². The monoisotopic (exact) mass is 312 g/mol. The number of nitrogens with two attached hydrogens (primary N) is 1.